The molecule has 1 N–H and O–H groups in total. The number of thiophene rings is 1. The summed E-state index contributed by atoms with van der Waals surface area (Å²) in [7, 11) is 0. The first-order valence-electron chi connectivity index (χ1n) is 9.24. The van der Waals surface area contributed by atoms with E-state index in [4.69, 9.17) is 9.72 Å². The normalized spacial score (nSPS) is 14.9. The van der Waals surface area contributed by atoms with Crippen molar-refractivity contribution in [2.24, 2.45) is 0 Å². The molecule has 0 saturated carbocycles. The maximum absolute atomic E-state index is 6.26. The Morgan fingerprint density at radius 3 is 2.76 bits per heavy atom. The molecule has 1 aliphatic rings. The summed E-state index contributed by atoms with van der Waals surface area (Å²) in [6, 6.07) is 18.5. The monoisotopic (exact) mass is 418 g/mol. The van der Waals surface area contributed by atoms with Crippen molar-refractivity contribution in [2.75, 3.05) is 5.32 Å². The number of benzene rings is 2. The molecule has 2 aromatic carbocycles. The van der Waals surface area contributed by atoms with E-state index >= 15 is 0 Å². The first-order chi connectivity index (χ1) is 14.3. The van der Waals surface area contributed by atoms with Crippen molar-refractivity contribution in [3.63, 3.8) is 0 Å². The van der Waals surface area contributed by atoms with E-state index < -0.39 is 0 Å². The summed E-state index contributed by atoms with van der Waals surface area (Å²) in [6.45, 7) is 2.09. The van der Waals surface area contributed by atoms with Crippen LogP contribution in [0.1, 0.15) is 22.9 Å². The summed E-state index contributed by atoms with van der Waals surface area (Å²) in [5.41, 5.74) is 6.09. The maximum atomic E-state index is 6.26. The largest absolute Gasteiger partial charge is 0.448 e. The van der Waals surface area contributed by atoms with Crippen molar-refractivity contribution in [3.05, 3.63) is 82.0 Å². The average Bonchev–Trinajstić information content (AvgIpc) is 3.23. The Morgan fingerprint density at radius 1 is 1.07 bits per heavy atom. The highest BCUT2D eigenvalue weighted by atomic mass is 32.2. The molecule has 0 radical (unpaired) electrons. The molecule has 3 heterocycles. The molecule has 144 valence electrons. The molecule has 5 rings (SSSR count). The molecule has 0 saturated heterocycles. The zero-order chi connectivity index (χ0) is 19.6. The number of hydrogen-bond donors (Lipinski definition) is 1. The fourth-order valence-electron chi connectivity index (χ4n) is 3.12. The Bertz CT molecular complexity index is 1130. The molecule has 0 aliphatic carbocycles. The van der Waals surface area contributed by atoms with E-state index in [1.165, 1.54) is 11.1 Å². The zero-order valence-corrected chi connectivity index (χ0v) is 17.3. The second-order valence-corrected chi connectivity index (χ2v) is 8.49. The van der Waals surface area contributed by atoms with E-state index in [9.17, 15) is 0 Å². The standard InChI is InChI=1S/C22H18N4OS2/c1-14-6-8-15(9-7-14)12-29-22-24-21-19(25-26-22)17-4-2-3-5-18(17)23-20(27-21)16-10-11-28-13-16/h2-11,13,20,23H,12H2,1H3/t20-/m0/s1. The molecule has 0 amide bonds. The molecule has 0 unspecified atom stereocenters. The highest BCUT2D eigenvalue weighted by Gasteiger charge is 2.26. The molecule has 5 nitrogen and oxygen atoms in total. The van der Waals surface area contributed by atoms with Crippen molar-refractivity contribution in [2.45, 2.75) is 24.1 Å². The van der Waals surface area contributed by atoms with Gasteiger partial charge >= 0.3 is 0 Å². The van der Waals surface area contributed by atoms with Gasteiger partial charge in [0.05, 0.1) is 0 Å². The van der Waals surface area contributed by atoms with E-state index in [-0.39, 0.29) is 6.23 Å². The van der Waals surface area contributed by atoms with Crippen molar-refractivity contribution in [1.29, 1.82) is 0 Å². The third-order valence-corrected chi connectivity index (χ3v) is 6.28. The van der Waals surface area contributed by atoms with Gasteiger partial charge in [-0.2, -0.15) is 16.3 Å². The van der Waals surface area contributed by atoms with Crippen LogP contribution in [-0.2, 0) is 5.75 Å². The Balaban J connectivity index is 1.47. The molecule has 2 aromatic heterocycles. The molecule has 7 heteroatoms. The molecule has 0 spiro atoms. The maximum Gasteiger partial charge on any atom is 0.247 e. The SMILES string of the molecule is Cc1ccc(CSc2nnc3c(n2)O[C@@H](c2ccsc2)Nc2ccccc2-3)cc1. The number of para-hydroxylation sites is 1. The van der Waals surface area contributed by atoms with Gasteiger partial charge in [-0.05, 0) is 35.4 Å². The van der Waals surface area contributed by atoms with Gasteiger partial charge in [0, 0.05) is 22.6 Å². The minimum Gasteiger partial charge on any atom is -0.448 e. The van der Waals surface area contributed by atoms with Gasteiger partial charge < -0.3 is 10.1 Å². The lowest BCUT2D eigenvalue weighted by Crippen LogP contribution is -2.16. The number of aromatic nitrogens is 3. The number of aryl methyl sites for hydroxylation is 1. The lowest BCUT2D eigenvalue weighted by Gasteiger charge is -2.17. The minimum atomic E-state index is -0.324. The summed E-state index contributed by atoms with van der Waals surface area (Å²) in [5, 5.41) is 17.0. The van der Waals surface area contributed by atoms with Gasteiger partial charge in [-0.25, -0.2) is 0 Å². The summed E-state index contributed by atoms with van der Waals surface area (Å²) in [5.74, 6) is 1.28. The molecule has 0 fully saturated rings. The summed E-state index contributed by atoms with van der Waals surface area (Å²) in [4.78, 5) is 4.70. The smallest absolute Gasteiger partial charge is 0.247 e. The molecule has 4 aromatic rings. The molecule has 0 bridgehead atoms. The Kier molecular flexibility index (Phi) is 4.91. The van der Waals surface area contributed by atoms with Crippen LogP contribution in [0.2, 0.25) is 0 Å². The minimum absolute atomic E-state index is 0.324. The van der Waals surface area contributed by atoms with Crippen molar-refractivity contribution in [1.82, 2.24) is 15.2 Å². The molecule has 29 heavy (non-hydrogen) atoms. The molecule has 1 aliphatic heterocycles. The highest BCUT2D eigenvalue weighted by molar-refractivity contribution is 7.98. The third kappa shape index (κ3) is 3.83. The quantitative estimate of drug-likeness (QED) is 0.429. The lowest BCUT2D eigenvalue weighted by molar-refractivity contribution is 0.225. The number of nitrogens with one attached hydrogen (secondary N) is 1. The highest BCUT2D eigenvalue weighted by Crippen LogP contribution is 2.39. The van der Waals surface area contributed by atoms with Crippen LogP contribution < -0.4 is 10.1 Å². The number of fused-ring (bicyclic) bond motifs is 3. The molecular formula is C22H18N4OS2. The summed E-state index contributed by atoms with van der Waals surface area (Å²) in [6.07, 6.45) is -0.324. The van der Waals surface area contributed by atoms with Crippen molar-refractivity contribution < 1.29 is 4.74 Å². The zero-order valence-electron chi connectivity index (χ0n) is 15.7. The number of nitrogens with zero attached hydrogens (tertiary/aromatic N) is 3. The van der Waals surface area contributed by atoms with Crippen molar-refractivity contribution >= 4 is 28.8 Å². The number of ether oxygens (including phenoxy) is 1. The van der Waals surface area contributed by atoms with E-state index in [2.05, 4.69) is 58.1 Å². The second-order valence-electron chi connectivity index (χ2n) is 6.77. The summed E-state index contributed by atoms with van der Waals surface area (Å²) < 4.78 is 6.26. The Labute approximate surface area is 177 Å². The van der Waals surface area contributed by atoms with Gasteiger partial charge in [-0.1, -0.05) is 59.8 Å². The van der Waals surface area contributed by atoms with Crippen LogP contribution in [0.25, 0.3) is 11.3 Å². The van der Waals surface area contributed by atoms with E-state index in [0.717, 1.165) is 22.6 Å². The number of hydrogen-bond acceptors (Lipinski definition) is 7. The van der Waals surface area contributed by atoms with Crippen LogP contribution >= 0.6 is 23.1 Å². The second kappa shape index (κ2) is 7.85. The number of thioether (sulfide) groups is 1. The predicted octanol–water partition coefficient (Wildman–Crippen LogP) is 5.70. The Morgan fingerprint density at radius 2 is 1.93 bits per heavy atom. The van der Waals surface area contributed by atoms with Crippen LogP contribution in [0.15, 0.2) is 70.5 Å². The van der Waals surface area contributed by atoms with E-state index in [0.29, 0.717) is 16.7 Å². The van der Waals surface area contributed by atoms with Crippen molar-refractivity contribution in [3.8, 4) is 17.1 Å². The first kappa shape index (κ1) is 18.1. The van der Waals surface area contributed by atoms with Gasteiger partial charge in [-0.3, -0.25) is 0 Å². The summed E-state index contributed by atoms with van der Waals surface area (Å²) >= 11 is 3.20. The third-order valence-electron chi connectivity index (χ3n) is 4.67. The number of rotatable bonds is 4. The fraction of sp³-hybridized carbons (Fsp3) is 0.136. The van der Waals surface area contributed by atoms with Crippen LogP contribution in [-0.4, -0.2) is 15.2 Å². The van der Waals surface area contributed by atoms with Gasteiger partial charge in [0.2, 0.25) is 11.0 Å². The van der Waals surface area contributed by atoms with Crippen LogP contribution in [0.3, 0.4) is 0 Å². The molecule has 1 atom stereocenters. The lowest BCUT2D eigenvalue weighted by atomic mass is 10.1. The van der Waals surface area contributed by atoms with Gasteiger partial charge in [0.25, 0.3) is 0 Å². The number of anilines is 1. The fourth-order valence-corrected chi connectivity index (χ4v) is 4.52. The van der Waals surface area contributed by atoms with Crippen LogP contribution in [0, 0.1) is 6.92 Å². The van der Waals surface area contributed by atoms with E-state index in [1.807, 2.05) is 29.6 Å². The van der Waals surface area contributed by atoms with E-state index in [1.54, 1.807) is 23.1 Å². The topological polar surface area (TPSA) is 59.9 Å². The van der Waals surface area contributed by atoms with Gasteiger partial charge in [0.15, 0.2) is 11.9 Å². The predicted molar refractivity (Wildman–Crippen MR) is 117 cm³/mol. The van der Waals surface area contributed by atoms with Crippen LogP contribution in [0.5, 0.6) is 5.88 Å². The average molecular weight is 419 g/mol. The van der Waals surface area contributed by atoms with Gasteiger partial charge in [-0.15, -0.1) is 10.2 Å². The molecular weight excluding hydrogens is 400 g/mol. The van der Waals surface area contributed by atoms with Gasteiger partial charge in [0.1, 0.15) is 0 Å². The Hall–Kier alpha value is -2.90. The van der Waals surface area contributed by atoms with Crippen LogP contribution in [0.4, 0.5) is 5.69 Å². The first-order valence-corrected chi connectivity index (χ1v) is 11.2.